The van der Waals surface area contributed by atoms with Gasteiger partial charge in [-0.3, -0.25) is 9.36 Å². The molecule has 1 amide bonds. The third kappa shape index (κ3) is 4.28. The van der Waals surface area contributed by atoms with Gasteiger partial charge in [0.2, 0.25) is 5.91 Å². The Kier molecular flexibility index (Phi) is 5.59. The largest absolute Gasteiger partial charge is 0.338 e. The van der Waals surface area contributed by atoms with Crippen molar-refractivity contribution in [1.82, 2.24) is 19.7 Å². The monoisotopic (exact) mass is 434 g/mol. The Bertz CT molecular complexity index is 1120. The van der Waals surface area contributed by atoms with Crippen LogP contribution in [0.5, 0.6) is 0 Å². The second-order valence-corrected chi connectivity index (χ2v) is 8.80. The number of halogens is 1. The average molecular weight is 435 g/mol. The molecule has 7 heteroatoms. The zero-order valence-electron chi connectivity index (χ0n) is 17.1. The number of hydrogen-bond donors (Lipinski definition) is 0. The SMILES string of the molecule is O=C(CSc1nnc(-c2ccccc2F)n1C1CC1)N1CC=C(c2ccccc2)CC1. The maximum Gasteiger partial charge on any atom is 0.233 e. The quantitative estimate of drug-likeness (QED) is 0.522. The molecule has 0 unspecified atom stereocenters. The predicted octanol–water partition coefficient (Wildman–Crippen LogP) is 4.83. The summed E-state index contributed by atoms with van der Waals surface area (Å²) in [7, 11) is 0. The highest BCUT2D eigenvalue weighted by molar-refractivity contribution is 7.99. The van der Waals surface area contributed by atoms with E-state index in [4.69, 9.17) is 0 Å². The van der Waals surface area contributed by atoms with Gasteiger partial charge in [-0.05, 0) is 42.5 Å². The molecule has 0 N–H and O–H groups in total. The van der Waals surface area contributed by atoms with E-state index >= 15 is 0 Å². The fourth-order valence-electron chi connectivity index (χ4n) is 3.89. The van der Waals surface area contributed by atoms with Crippen LogP contribution in [0.3, 0.4) is 0 Å². The van der Waals surface area contributed by atoms with Gasteiger partial charge in [0.25, 0.3) is 0 Å². The van der Waals surface area contributed by atoms with Crippen LogP contribution in [-0.4, -0.2) is 44.4 Å². The molecule has 0 atom stereocenters. The van der Waals surface area contributed by atoms with Crippen molar-refractivity contribution in [3.63, 3.8) is 0 Å². The van der Waals surface area contributed by atoms with Crippen molar-refractivity contribution in [2.24, 2.45) is 0 Å². The van der Waals surface area contributed by atoms with Crippen LogP contribution >= 0.6 is 11.8 Å². The number of carbonyl (C=O) groups excluding carboxylic acids is 1. The Labute approximate surface area is 185 Å². The molecule has 0 spiro atoms. The second-order valence-electron chi connectivity index (χ2n) is 7.86. The normalized spacial score (nSPS) is 16.3. The van der Waals surface area contributed by atoms with E-state index in [1.54, 1.807) is 18.2 Å². The Hall–Kier alpha value is -2.93. The van der Waals surface area contributed by atoms with E-state index < -0.39 is 0 Å². The third-order valence-electron chi connectivity index (χ3n) is 5.72. The molecule has 3 aromatic rings. The number of benzene rings is 2. The van der Waals surface area contributed by atoms with Crippen LogP contribution < -0.4 is 0 Å². The van der Waals surface area contributed by atoms with Crippen LogP contribution in [0, 0.1) is 5.82 Å². The molecule has 1 fully saturated rings. The van der Waals surface area contributed by atoms with Gasteiger partial charge < -0.3 is 4.90 Å². The fraction of sp³-hybridized carbons (Fsp3) is 0.292. The minimum Gasteiger partial charge on any atom is -0.338 e. The van der Waals surface area contributed by atoms with Crippen LogP contribution in [0.4, 0.5) is 4.39 Å². The first-order chi connectivity index (χ1) is 15.2. The van der Waals surface area contributed by atoms with Crippen LogP contribution in [0.2, 0.25) is 0 Å². The van der Waals surface area contributed by atoms with E-state index in [0.29, 0.717) is 28.8 Å². The molecule has 5 nitrogen and oxygen atoms in total. The first-order valence-electron chi connectivity index (χ1n) is 10.6. The predicted molar refractivity (Wildman–Crippen MR) is 120 cm³/mol. The van der Waals surface area contributed by atoms with E-state index in [1.165, 1.54) is 29.0 Å². The van der Waals surface area contributed by atoms with Crippen LogP contribution in [-0.2, 0) is 4.79 Å². The second kappa shape index (κ2) is 8.67. The first kappa shape index (κ1) is 20.0. The summed E-state index contributed by atoms with van der Waals surface area (Å²) in [5.74, 6) is 0.630. The lowest BCUT2D eigenvalue weighted by molar-refractivity contribution is -0.127. The van der Waals surface area contributed by atoms with Gasteiger partial charge in [-0.15, -0.1) is 10.2 Å². The van der Waals surface area contributed by atoms with Crippen LogP contribution in [0.1, 0.15) is 30.9 Å². The number of rotatable bonds is 6. The lowest BCUT2D eigenvalue weighted by Crippen LogP contribution is -2.35. The molecule has 2 aliphatic rings. The standard InChI is InChI=1S/C24H23FN4OS/c25-21-9-5-4-8-20(21)23-26-27-24(29(23)19-10-11-19)31-16-22(30)28-14-12-18(13-15-28)17-6-2-1-3-7-17/h1-9,12,19H,10-11,13-16H2. The van der Waals surface area contributed by atoms with Gasteiger partial charge in [0, 0.05) is 19.1 Å². The van der Waals surface area contributed by atoms with Crippen LogP contribution in [0.15, 0.2) is 65.8 Å². The summed E-state index contributed by atoms with van der Waals surface area (Å²) in [6.07, 6.45) is 5.06. The maximum absolute atomic E-state index is 14.3. The summed E-state index contributed by atoms with van der Waals surface area (Å²) in [4.78, 5) is 14.7. The Morgan fingerprint density at radius 2 is 1.84 bits per heavy atom. The summed E-state index contributed by atoms with van der Waals surface area (Å²) in [6.45, 7) is 1.34. The first-order valence-corrected chi connectivity index (χ1v) is 11.5. The van der Waals surface area contributed by atoms with E-state index in [0.717, 1.165) is 25.8 Å². The Morgan fingerprint density at radius 3 is 2.55 bits per heavy atom. The van der Waals surface area contributed by atoms with E-state index in [9.17, 15) is 9.18 Å². The minimum atomic E-state index is -0.307. The Morgan fingerprint density at radius 1 is 1.06 bits per heavy atom. The van der Waals surface area contributed by atoms with Gasteiger partial charge in [0.05, 0.1) is 11.3 Å². The van der Waals surface area contributed by atoms with Crippen molar-refractivity contribution < 1.29 is 9.18 Å². The highest BCUT2D eigenvalue weighted by atomic mass is 32.2. The van der Waals surface area contributed by atoms with Crippen molar-refractivity contribution in [3.05, 3.63) is 72.1 Å². The summed E-state index contributed by atoms with van der Waals surface area (Å²) >= 11 is 1.39. The molecule has 0 bridgehead atoms. The number of amides is 1. The summed E-state index contributed by atoms with van der Waals surface area (Å²) < 4.78 is 16.3. The average Bonchev–Trinajstić information content (AvgIpc) is 3.57. The molecule has 1 aliphatic carbocycles. The highest BCUT2D eigenvalue weighted by Crippen LogP contribution is 2.41. The molecule has 1 aromatic heterocycles. The van der Waals surface area contributed by atoms with E-state index in [1.807, 2.05) is 27.7 Å². The molecule has 1 saturated carbocycles. The third-order valence-corrected chi connectivity index (χ3v) is 6.65. The highest BCUT2D eigenvalue weighted by Gasteiger charge is 2.31. The number of thioether (sulfide) groups is 1. The summed E-state index contributed by atoms with van der Waals surface area (Å²) in [5.41, 5.74) is 2.97. The van der Waals surface area contributed by atoms with Gasteiger partial charge in [-0.2, -0.15) is 0 Å². The van der Waals surface area contributed by atoms with Gasteiger partial charge in [-0.1, -0.05) is 60.3 Å². The smallest absolute Gasteiger partial charge is 0.233 e. The zero-order valence-corrected chi connectivity index (χ0v) is 17.9. The van der Waals surface area contributed by atoms with Gasteiger partial charge in [0.15, 0.2) is 11.0 Å². The maximum atomic E-state index is 14.3. The lowest BCUT2D eigenvalue weighted by Gasteiger charge is -2.26. The molecule has 0 saturated heterocycles. The topological polar surface area (TPSA) is 51.0 Å². The van der Waals surface area contributed by atoms with E-state index in [-0.39, 0.29) is 17.8 Å². The number of aromatic nitrogens is 3. The van der Waals surface area contributed by atoms with Crippen molar-refractivity contribution in [2.75, 3.05) is 18.8 Å². The minimum absolute atomic E-state index is 0.0890. The summed E-state index contributed by atoms with van der Waals surface area (Å²) in [6, 6.07) is 17.2. The van der Waals surface area contributed by atoms with Crippen molar-refractivity contribution in [1.29, 1.82) is 0 Å². The number of nitrogens with zero attached hydrogens (tertiary/aromatic N) is 4. The summed E-state index contributed by atoms with van der Waals surface area (Å²) in [5, 5.41) is 9.24. The molecule has 158 valence electrons. The molecule has 2 heterocycles. The number of hydrogen-bond acceptors (Lipinski definition) is 4. The molecular weight excluding hydrogens is 411 g/mol. The van der Waals surface area contributed by atoms with Crippen molar-refractivity contribution >= 4 is 23.2 Å². The lowest BCUT2D eigenvalue weighted by atomic mass is 10.00. The molecule has 0 radical (unpaired) electrons. The van der Waals surface area contributed by atoms with E-state index in [2.05, 4.69) is 28.4 Å². The molecular formula is C24H23FN4OS. The van der Waals surface area contributed by atoms with Crippen molar-refractivity contribution in [3.8, 4) is 11.4 Å². The molecule has 5 rings (SSSR count). The van der Waals surface area contributed by atoms with Gasteiger partial charge in [0.1, 0.15) is 5.82 Å². The molecule has 31 heavy (non-hydrogen) atoms. The van der Waals surface area contributed by atoms with Crippen LogP contribution in [0.25, 0.3) is 17.0 Å². The fourth-order valence-corrected chi connectivity index (χ4v) is 4.80. The Balaban J connectivity index is 1.26. The van der Waals surface area contributed by atoms with Gasteiger partial charge in [-0.25, -0.2) is 4.39 Å². The molecule has 2 aromatic carbocycles. The van der Waals surface area contributed by atoms with Gasteiger partial charge >= 0.3 is 0 Å². The number of carbonyl (C=O) groups is 1. The molecule has 1 aliphatic heterocycles. The zero-order chi connectivity index (χ0) is 21.2. The van der Waals surface area contributed by atoms with Crippen molar-refractivity contribution in [2.45, 2.75) is 30.5 Å².